The molecule has 0 unspecified atom stereocenters. The Morgan fingerprint density at radius 1 is 1.71 bits per heavy atom. The average molecular weight is 191 g/mol. The van der Waals surface area contributed by atoms with Gasteiger partial charge in [-0.05, 0) is 19.1 Å². The second kappa shape index (κ2) is 4.23. The van der Waals surface area contributed by atoms with Gasteiger partial charge in [-0.25, -0.2) is 4.98 Å². The van der Waals surface area contributed by atoms with Gasteiger partial charge in [0.15, 0.2) is 0 Å². The number of carboxylic acids is 1. The maximum atomic E-state index is 10.3. The molecule has 1 rings (SSSR count). The van der Waals surface area contributed by atoms with Gasteiger partial charge in [-0.2, -0.15) is 5.26 Å². The third kappa shape index (κ3) is 2.75. The van der Waals surface area contributed by atoms with Crippen molar-refractivity contribution in [2.45, 2.75) is 6.92 Å². The summed E-state index contributed by atoms with van der Waals surface area (Å²) in [6, 6.07) is 5.09. The van der Waals surface area contributed by atoms with Crippen molar-refractivity contribution in [3.05, 3.63) is 23.5 Å². The fourth-order valence-electron chi connectivity index (χ4n) is 1.01. The summed E-state index contributed by atoms with van der Waals surface area (Å²) >= 11 is 0. The first kappa shape index (κ1) is 9.99. The molecule has 0 aromatic carbocycles. The van der Waals surface area contributed by atoms with Crippen LogP contribution in [0.1, 0.15) is 11.4 Å². The molecule has 0 amide bonds. The Kier molecular flexibility index (Phi) is 3.02. The minimum Gasteiger partial charge on any atom is -0.480 e. The van der Waals surface area contributed by atoms with E-state index in [4.69, 9.17) is 10.4 Å². The van der Waals surface area contributed by atoms with E-state index >= 15 is 0 Å². The van der Waals surface area contributed by atoms with Gasteiger partial charge >= 0.3 is 5.97 Å². The van der Waals surface area contributed by atoms with Crippen molar-refractivity contribution < 1.29 is 9.90 Å². The molecule has 2 N–H and O–H groups in total. The standard InChI is InChI=1S/C9H9N3O2/c1-6-2-7(11-5-9(13)14)3-8(4-10)12-6/h2-3H,5H2,1H3,(H,11,12)(H,13,14). The number of hydrogen-bond acceptors (Lipinski definition) is 4. The second-order valence-corrected chi connectivity index (χ2v) is 2.74. The third-order valence-electron chi connectivity index (χ3n) is 1.51. The molecule has 72 valence electrons. The summed E-state index contributed by atoms with van der Waals surface area (Å²) in [7, 11) is 0. The first-order valence-electron chi connectivity index (χ1n) is 3.96. The molecule has 0 atom stereocenters. The van der Waals surface area contributed by atoms with E-state index in [1.54, 1.807) is 13.0 Å². The molecular formula is C9H9N3O2. The Labute approximate surface area is 81.0 Å². The Bertz CT molecular complexity index is 396. The van der Waals surface area contributed by atoms with Crippen LogP contribution in [0.15, 0.2) is 12.1 Å². The number of nitrogens with zero attached hydrogens (tertiary/aromatic N) is 2. The minimum absolute atomic E-state index is 0.172. The van der Waals surface area contributed by atoms with Crippen LogP contribution in [0.5, 0.6) is 0 Å². The van der Waals surface area contributed by atoms with E-state index in [0.29, 0.717) is 11.4 Å². The van der Waals surface area contributed by atoms with Crippen molar-refractivity contribution in [2.75, 3.05) is 11.9 Å². The van der Waals surface area contributed by atoms with Crippen molar-refractivity contribution in [2.24, 2.45) is 0 Å². The number of pyridine rings is 1. The van der Waals surface area contributed by atoms with Crippen LogP contribution in [0.25, 0.3) is 0 Å². The van der Waals surface area contributed by atoms with E-state index in [2.05, 4.69) is 10.3 Å². The van der Waals surface area contributed by atoms with Gasteiger partial charge < -0.3 is 10.4 Å². The SMILES string of the molecule is Cc1cc(NCC(=O)O)cc(C#N)n1. The molecule has 0 aliphatic rings. The molecule has 5 heteroatoms. The van der Waals surface area contributed by atoms with Crippen LogP contribution in [-0.4, -0.2) is 22.6 Å². The molecule has 0 saturated heterocycles. The number of aromatic nitrogens is 1. The first-order valence-corrected chi connectivity index (χ1v) is 3.96. The van der Waals surface area contributed by atoms with Crippen LogP contribution >= 0.6 is 0 Å². The Balaban J connectivity index is 2.82. The van der Waals surface area contributed by atoms with Gasteiger partial charge in [0, 0.05) is 11.4 Å². The van der Waals surface area contributed by atoms with Gasteiger partial charge in [-0.15, -0.1) is 0 Å². The maximum Gasteiger partial charge on any atom is 0.322 e. The van der Waals surface area contributed by atoms with Gasteiger partial charge in [0.1, 0.15) is 18.3 Å². The number of anilines is 1. The third-order valence-corrected chi connectivity index (χ3v) is 1.51. The number of carboxylic acid groups (broad SMARTS) is 1. The predicted octanol–water partition coefficient (Wildman–Crippen LogP) is 0.758. The normalized spacial score (nSPS) is 9.14. The second-order valence-electron chi connectivity index (χ2n) is 2.74. The number of nitrogens with one attached hydrogen (secondary N) is 1. The number of nitriles is 1. The number of hydrogen-bond donors (Lipinski definition) is 2. The zero-order valence-electron chi connectivity index (χ0n) is 7.61. The highest BCUT2D eigenvalue weighted by molar-refractivity contribution is 5.72. The molecule has 0 fully saturated rings. The highest BCUT2D eigenvalue weighted by Gasteiger charge is 2.00. The summed E-state index contributed by atoms with van der Waals surface area (Å²) in [6.45, 7) is 1.57. The van der Waals surface area contributed by atoms with Crippen molar-refractivity contribution in [3.8, 4) is 6.07 Å². The minimum atomic E-state index is -0.946. The topological polar surface area (TPSA) is 86.0 Å². The fourth-order valence-corrected chi connectivity index (χ4v) is 1.01. The molecule has 14 heavy (non-hydrogen) atoms. The van der Waals surface area contributed by atoms with Crippen molar-refractivity contribution in [1.82, 2.24) is 4.98 Å². The fraction of sp³-hybridized carbons (Fsp3) is 0.222. The molecule has 0 aliphatic carbocycles. The lowest BCUT2D eigenvalue weighted by Crippen LogP contribution is -2.12. The summed E-state index contributed by atoms with van der Waals surface area (Å²) in [5, 5.41) is 19.7. The maximum absolute atomic E-state index is 10.3. The van der Waals surface area contributed by atoms with Crippen molar-refractivity contribution in [1.29, 1.82) is 5.26 Å². The zero-order chi connectivity index (χ0) is 10.6. The van der Waals surface area contributed by atoms with Gasteiger partial charge in [-0.1, -0.05) is 0 Å². The Hall–Kier alpha value is -2.09. The summed E-state index contributed by atoms with van der Waals surface area (Å²) in [6.07, 6.45) is 0. The van der Waals surface area contributed by atoms with E-state index in [1.165, 1.54) is 6.07 Å². The highest BCUT2D eigenvalue weighted by atomic mass is 16.4. The number of aryl methyl sites for hydroxylation is 1. The van der Waals surface area contributed by atoms with Crippen LogP contribution in [0.4, 0.5) is 5.69 Å². The summed E-state index contributed by atoms with van der Waals surface area (Å²) in [4.78, 5) is 14.2. The number of aliphatic carboxylic acids is 1. The van der Waals surface area contributed by atoms with Crippen LogP contribution in [0, 0.1) is 18.3 Å². The van der Waals surface area contributed by atoms with E-state index in [-0.39, 0.29) is 12.2 Å². The molecule has 5 nitrogen and oxygen atoms in total. The van der Waals surface area contributed by atoms with E-state index in [9.17, 15) is 4.79 Å². The number of carbonyl (C=O) groups is 1. The molecule has 1 heterocycles. The lowest BCUT2D eigenvalue weighted by atomic mass is 10.3. The lowest BCUT2D eigenvalue weighted by Gasteiger charge is -2.04. The van der Waals surface area contributed by atoms with Gasteiger partial charge in [0.25, 0.3) is 0 Å². The summed E-state index contributed by atoms with van der Waals surface area (Å²) < 4.78 is 0. The van der Waals surface area contributed by atoms with Crippen LogP contribution in [0.2, 0.25) is 0 Å². The van der Waals surface area contributed by atoms with Crippen molar-refractivity contribution >= 4 is 11.7 Å². The van der Waals surface area contributed by atoms with Crippen molar-refractivity contribution in [3.63, 3.8) is 0 Å². The molecule has 1 aromatic rings. The van der Waals surface area contributed by atoms with Gasteiger partial charge in [0.2, 0.25) is 0 Å². The predicted molar refractivity (Wildman–Crippen MR) is 49.8 cm³/mol. The van der Waals surface area contributed by atoms with Crippen LogP contribution in [-0.2, 0) is 4.79 Å². The summed E-state index contributed by atoms with van der Waals surface area (Å²) in [5.41, 5.74) is 1.55. The van der Waals surface area contributed by atoms with E-state index < -0.39 is 5.97 Å². The quantitative estimate of drug-likeness (QED) is 0.736. The van der Waals surface area contributed by atoms with Gasteiger partial charge in [0.05, 0.1) is 0 Å². The molecule has 0 aliphatic heterocycles. The highest BCUT2D eigenvalue weighted by Crippen LogP contribution is 2.09. The number of rotatable bonds is 3. The summed E-state index contributed by atoms with van der Waals surface area (Å²) in [5.74, 6) is -0.946. The van der Waals surface area contributed by atoms with Crippen LogP contribution < -0.4 is 5.32 Å². The van der Waals surface area contributed by atoms with Gasteiger partial charge in [-0.3, -0.25) is 4.79 Å². The molecule has 0 spiro atoms. The largest absolute Gasteiger partial charge is 0.480 e. The van der Waals surface area contributed by atoms with E-state index in [1.807, 2.05) is 6.07 Å². The Morgan fingerprint density at radius 3 is 3.00 bits per heavy atom. The first-order chi connectivity index (χ1) is 6.61. The lowest BCUT2D eigenvalue weighted by molar-refractivity contribution is -0.134. The molecule has 1 aromatic heterocycles. The van der Waals surface area contributed by atoms with Crippen LogP contribution in [0.3, 0.4) is 0 Å². The molecular weight excluding hydrogens is 182 g/mol. The molecule has 0 saturated carbocycles. The smallest absolute Gasteiger partial charge is 0.322 e. The monoisotopic (exact) mass is 191 g/mol. The zero-order valence-corrected chi connectivity index (χ0v) is 7.61. The Morgan fingerprint density at radius 2 is 2.43 bits per heavy atom. The van der Waals surface area contributed by atoms with E-state index in [0.717, 1.165) is 0 Å². The molecule has 0 radical (unpaired) electrons. The molecule has 0 bridgehead atoms. The average Bonchev–Trinajstić information content (AvgIpc) is 2.14.